The molecular formula is C16H17N3O2S. The van der Waals surface area contributed by atoms with E-state index in [-0.39, 0.29) is 6.03 Å². The molecule has 0 saturated heterocycles. The number of primary amides is 1. The molecular weight excluding hydrogens is 298 g/mol. The van der Waals surface area contributed by atoms with Crippen molar-refractivity contribution >= 4 is 23.3 Å². The van der Waals surface area contributed by atoms with Gasteiger partial charge in [0.25, 0.3) is 0 Å². The van der Waals surface area contributed by atoms with Crippen LogP contribution in [0.4, 0.5) is 4.79 Å². The van der Waals surface area contributed by atoms with Crippen LogP contribution in [0.15, 0.2) is 35.7 Å². The summed E-state index contributed by atoms with van der Waals surface area (Å²) in [5.74, 6) is -0.464. The van der Waals surface area contributed by atoms with Crippen LogP contribution in [0.2, 0.25) is 0 Å². The van der Waals surface area contributed by atoms with E-state index in [2.05, 4.69) is 16.8 Å². The second-order valence-electron chi connectivity index (χ2n) is 5.26. The smallest absolute Gasteiger partial charge is 0.317 e. The summed E-state index contributed by atoms with van der Waals surface area (Å²) in [5.41, 5.74) is 7.81. The molecule has 0 atom stereocenters. The maximum absolute atomic E-state index is 12.2. The third kappa shape index (κ3) is 3.12. The minimum absolute atomic E-state index is 0.0821. The van der Waals surface area contributed by atoms with Crippen molar-refractivity contribution in [2.75, 3.05) is 6.54 Å². The number of nitrogens with zero attached hydrogens (tertiary/aromatic N) is 1. The van der Waals surface area contributed by atoms with E-state index in [0.717, 1.165) is 18.5 Å². The quantitative estimate of drug-likeness (QED) is 0.910. The van der Waals surface area contributed by atoms with Crippen LogP contribution in [-0.2, 0) is 19.5 Å². The lowest BCUT2D eigenvalue weighted by Crippen LogP contribution is -2.42. The highest BCUT2D eigenvalue weighted by molar-refractivity contribution is 7.10. The topological polar surface area (TPSA) is 75.4 Å². The van der Waals surface area contributed by atoms with E-state index in [9.17, 15) is 9.59 Å². The fraction of sp³-hybridized carbons (Fsp3) is 0.250. The SMILES string of the molecule is NC(=O)c1cccc(CNC(=O)N2CCc3sccc3C2)c1. The maximum Gasteiger partial charge on any atom is 0.317 e. The molecule has 0 bridgehead atoms. The Morgan fingerprint density at radius 1 is 1.32 bits per heavy atom. The summed E-state index contributed by atoms with van der Waals surface area (Å²) < 4.78 is 0. The van der Waals surface area contributed by atoms with Gasteiger partial charge < -0.3 is 16.0 Å². The van der Waals surface area contributed by atoms with E-state index in [4.69, 9.17) is 5.73 Å². The Morgan fingerprint density at radius 3 is 3.00 bits per heavy atom. The van der Waals surface area contributed by atoms with E-state index < -0.39 is 5.91 Å². The molecule has 1 aliphatic heterocycles. The molecule has 1 aliphatic rings. The average molecular weight is 315 g/mol. The first-order chi connectivity index (χ1) is 10.6. The largest absolute Gasteiger partial charge is 0.366 e. The lowest BCUT2D eigenvalue weighted by Gasteiger charge is -2.27. The number of nitrogens with two attached hydrogens (primary N) is 1. The number of nitrogens with one attached hydrogen (secondary N) is 1. The molecule has 0 aliphatic carbocycles. The summed E-state index contributed by atoms with van der Waals surface area (Å²) in [7, 11) is 0. The zero-order valence-electron chi connectivity index (χ0n) is 12.0. The van der Waals surface area contributed by atoms with E-state index in [1.54, 1.807) is 29.5 Å². The zero-order chi connectivity index (χ0) is 15.5. The van der Waals surface area contributed by atoms with E-state index >= 15 is 0 Å². The van der Waals surface area contributed by atoms with Crippen LogP contribution in [0.25, 0.3) is 0 Å². The Labute approximate surface area is 132 Å². The number of hydrogen-bond donors (Lipinski definition) is 2. The highest BCUT2D eigenvalue weighted by Crippen LogP contribution is 2.23. The summed E-state index contributed by atoms with van der Waals surface area (Å²) in [6.07, 6.45) is 0.914. The molecule has 22 heavy (non-hydrogen) atoms. The van der Waals surface area contributed by atoms with Gasteiger partial charge in [-0.15, -0.1) is 11.3 Å². The standard InChI is InChI=1S/C16H17N3O2S/c17-15(20)12-3-1-2-11(8-12)9-18-16(21)19-6-4-14-13(10-19)5-7-22-14/h1-3,5,7-8H,4,6,9-10H2,(H2,17,20)(H,18,21). The number of urea groups is 1. The molecule has 0 unspecified atom stereocenters. The van der Waals surface area contributed by atoms with Gasteiger partial charge in [-0.1, -0.05) is 12.1 Å². The number of carbonyl (C=O) groups is 2. The predicted octanol–water partition coefficient (Wildman–Crippen LogP) is 2.11. The molecule has 1 aromatic carbocycles. The fourth-order valence-electron chi connectivity index (χ4n) is 2.55. The van der Waals surface area contributed by atoms with Crippen LogP contribution in [0.5, 0.6) is 0 Å². The second-order valence-corrected chi connectivity index (χ2v) is 6.26. The molecule has 114 valence electrons. The highest BCUT2D eigenvalue weighted by Gasteiger charge is 2.21. The van der Waals surface area contributed by atoms with Gasteiger partial charge in [0.05, 0.1) is 0 Å². The summed E-state index contributed by atoms with van der Waals surface area (Å²) in [5, 5.41) is 4.97. The maximum atomic E-state index is 12.2. The summed E-state index contributed by atoms with van der Waals surface area (Å²) in [6, 6.07) is 8.99. The third-order valence-electron chi connectivity index (χ3n) is 3.75. The molecule has 2 heterocycles. The minimum Gasteiger partial charge on any atom is -0.366 e. The van der Waals surface area contributed by atoms with E-state index in [1.807, 2.05) is 11.0 Å². The van der Waals surface area contributed by atoms with Crippen LogP contribution >= 0.6 is 11.3 Å². The van der Waals surface area contributed by atoms with Crippen LogP contribution < -0.4 is 11.1 Å². The number of fused-ring (bicyclic) bond motifs is 1. The first-order valence-corrected chi connectivity index (χ1v) is 7.98. The Bertz CT molecular complexity index is 711. The van der Waals surface area contributed by atoms with Gasteiger partial charge in [0, 0.05) is 30.1 Å². The van der Waals surface area contributed by atoms with Gasteiger partial charge in [0.1, 0.15) is 0 Å². The number of rotatable bonds is 3. The van der Waals surface area contributed by atoms with Crippen molar-refractivity contribution in [3.05, 3.63) is 57.3 Å². The lowest BCUT2D eigenvalue weighted by atomic mass is 10.1. The molecule has 2 aromatic rings. The van der Waals surface area contributed by atoms with Crippen molar-refractivity contribution in [1.82, 2.24) is 10.2 Å². The molecule has 0 spiro atoms. The van der Waals surface area contributed by atoms with Gasteiger partial charge in [-0.05, 0) is 41.1 Å². The predicted molar refractivity (Wildman–Crippen MR) is 85.6 cm³/mol. The molecule has 0 saturated carbocycles. The van der Waals surface area contributed by atoms with Crippen molar-refractivity contribution < 1.29 is 9.59 Å². The molecule has 5 nitrogen and oxygen atoms in total. The Kier molecular flexibility index (Phi) is 4.11. The molecule has 6 heteroatoms. The highest BCUT2D eigenvalue weighted by atomic mass is 32.1. The van der Waals surface area contributed by atoms with E-state index in [1.165, 1.54) is 10.4 Å². The number of carbonyl (C=O) groups excluding carboxylic acids is 2. The van der Waals surface area contributed by atoms with E-state index in [0.29, 0.717) is 18.7 Å². The van der Waals surface area contributed by atoms with Crippen molar-refractivity contribution in [2.24, 2.45) is 5.73 Å². The van der Waals surface area contributed by atoms with Crippen LogP contribution in [-0.4, -0.2) is 23.4 Å². The zero-order valence-corrected chi connectivity index (χ0v) is 12.9. The van der Waals surface area contributed by atoms with Crippen molar-refractivity contribution in [3.63, 3.8) is 0 Å². The molecule has 3 amide bonds. The Balaban J connectivity index is 1.59. The van der Waals surface area contributed by atoms with Crippen molar-refractivity contribution in [1.29, 1.82) is 0 Å². The summed E-state index contributed by atoms with van der Waals surface area (Å²) >= 11 is 1.75. The fourth-order valence-corrected chi connectivity index (χ4v) is 3.44. The summed E-state index contributed by atoms with van der Waals surface area (Å²) in [6.45, 7) is 1.78. The summed E-state index contributed by atoms with van der Waals surface area (Å²) in [4.78, 5) is 26.6. The molecule has 1 aromatic heterocycles. The first-order valence-electron chi connectivity index (χ1n) is 7.10. The number of benzene rings is 1. The third-order valence-corrected chi connectivity index (χ3v) is 4.77. The Morgan fingerprint density at radius 2 is 2.18 bits per heavy atom. The van der Waals surface area contributed by atoms with Gasteiger partial charge in [0.15, 0.2) is 0 Å². The normalized spacial score (nSPS) is 13.5. The number of hydrogen-bond acceptors (Lipinski definition) is 3. The van der Waals surface area contributed by atoms with Crippen LogP contribution in [0.1, 0.15) is 26.4 Å². The lowest BCUT2D eigenvalue weighted by molar-refractivity contribution is 0.1000. The van der Waals surface area contributed by atoms with Gasteiger partial charge in [-0.25, -0.2) is 4.79 Å². The van der Waals surface area contributed by atoms with Crippen molar-refractivity contribution in [3.8, 4) is 0 Å². The van der Waals surface area contributed by atoms with Crippen molar-refractivity contribution in [2.45, 2.75) is 19.5 Å². The van der Waals surface area contributed by atoms with Crippen LogP contribution in [0, 0.1) is 0 Å². The van der Waals surface area contributed by atoms with Gasteiger partial charge in [-0.3, -0.25) is 4.79 Å². The number of thiophene rings is 1. The van der Waals surface area contributed by atoms with Gasteiger partial charge in [0.2, 0.25) is 5.91 Å². The minimum atomic E-state index is -0.464. The monoisotopic (exact) mass is 315 g/mol. The Hall–Kier alpha value is -2.34. The molecule has 0 radical (unpaired) electrons. The second kappa shape index (κ2) is 6.19. The molecule has 0 fully saturated rings. The van der Waals surface area contributed by atoms with Gasteiger partial charge in [-0.2, -0.15) is 0 Å². The molecule has 3 rings (SSSR count). The number of amides is 3. The average Bonchev–Trinajstić information content (AvgIpc) is 3.00. The molecule has 3 N–H and O–H groups in total. The van der Waals surface area contributed by atoms with Gasteiger partial charge >= 0.3 is 6.03 Å². The van der Waals surface area contributed by atoms with Crippen LogP contribution in [0.3, 0.4) is 0 Å². The first kappa shape index (κ1) is 14.6.